The van der Waals surface area contributed by atoms with Gasteiger partial charge in [-0.3, -0.25) is 4.57 Å². The Morgan fingerprint density at radius 2 is 2.24 bits per heavy atom. The molecule has 6 heteroatoms. The number of hydrogen-bond donors (Lipinski definition) is 1. The maximum Gasteiger partial charge on any atom is 0.406 e. The van der Waals surface area contributed by atoms with Crippen LogP contribution in [-0.2, 0) is 7.05 Å². The molecule has 0 saturated heterocycles. The molecule has 0 fully saturated rings. The molecule has 96 valence electrons. The molecular weight excluding hydrogens is 220 g/mol. The molecule has 1 heterocycles. The van der Waals surface area contributed by atoms with Crippen LogP contribution in [0.1, 0.15) is 33.6 Å². The number of aryl methyl sites for hydroxylation is 1. The Bertz CT molecular complexity index is 389. The highest BCUT2D eigenvalue weighted by atomic mass is 16.6. The van der Waals surface area contributed by atoms with Gasteiger partial charge in [0.05, 0.1) is 0 Å². The van der Waals surface area contributed by atoms with Gasteiger partial charge < -0.3 is 15.4 Å². The summed E-state index contributed by atoms with van der Waals surface area (Å²) in [5.41, 5.74) is 0. The average Bonchev–Trinajstić information content (AvgIpc) is 2.60. The van der Waals surface area contributed by atoms with Gasteiger partial charge in [-0.1, -0.05) is 20.3 Å². The van der Waals surface area contributed by atoms with E-state index in [1.165, 1.54) is 6.33 Å². The van der Waals surface area contributed by atoms with Crippen molar-refractivity contribution < 1.29 is 4.92 Å². The van der Waals surface area contributed by atoms with Crippen LogP contribution in [0.4, 0.5) is 11.6 Å². The number of aromatic nitrogens is 2. The molecule has 1 N–H and O–H groups in total. The van der Waals surface area contributed by atoms with E-state index in [-0.39, 0.29) is 11.9 Å². The molecule has 1 aromatic heterocycles. The smallest absolute Gasteiger partial charge is 0.362 e. The first-order valence-electron chi connectivity index (χ1n) is 5.87. The molecule has 2 atom stereocenters. The minimum absolute atomic E-state index is 0.108. The average molecular weight is 240 g/mol. The van der Waals surface area contributed by atoms with E-state index < -0.39 is 4.92 Å². The van der Waals surface area contributed by atoms with Gasteiger partial charge in [0.15, 0.2) is 0 Å². The Kier molecular flexibility index (Phi) is 4.48. The summed E-state index contributed by atoms with van der Waals surface area (Å²) in [6.07, 6.45) is 3.55. The Morgan fingerprint density at radius 1 is 1.59 bits per heavy atom. The van der Waals surface area contributed by atoms with Gasteiger partial charge in [-0.25, -0.2) is 0 Å². The lowest BCUT2D eigenvalue weighted by Gasteiger charge is -2.18. The van der Waals surface area contributed by atoms with Gasteiger partial charge in [-0.05, 0) is 29.2 Å². The zero-order valence-electron chi connectivity index (χ0n) is 10.8. The Morgan fingerprint density at radius 3 is 2.76 bits per heavy atom. The third kappa shape index (κ3) is 3.44. The second-order valence-corrected chi connectivity index (χ2v) is 4.58. The van der Waals surface area contributed by atoms with Crippen molar-refractivity contribution in [2.24, 2.45) is 13.0 Å². The van der Waals surface area contributed by atoms with Crippen molar-refractivity contribution in [3.63, 3.8) is 0 Å². The molecule has 0 amide bonds. The summed E-state index contributed by atoms with van der Waals surface area (Å²) in [5.74, 6) is 0.971. The maximum absolute atomic E-state index is 10.8. The van der Waals surface area contributed by atoms with Crippen LogP contribution in [0.3, 0.4) is 0 Å². The first kappa shape index (κ1) is 13.5. The monoisotopic (exact) mass is 240 g/mol. The lowest BCUT2D eigenvalue weighted by atomic mass is 10.0. The zero-order chi connectivity index (χ0) is 13.0. The van der Waals surface area contributed by atoms with Crippen LogP contribution in [0.15, 0.2) is 6.33 Å². The van der Waals surface area contributed by atoms with E-state index in [0.29, 0.717) is 11.7 Å². The van der Waals surface area contributed by atoms with Crippen LogP contribution >= 0.6 is 0 Å². The van der Waals surface area contributed by atoms with Crippen molar-refractivity contribution in [3.8, 4) is 0 Å². The van der Waals surface area contributed by atoms with Gasteiger partial charge in [0.1, 0.15) is 0 Å². The number of nitro groups is 1. The van der Waals surface area contributed by atoms with Crippen LogP contribution in [0.2, 0.25) is 0 Å². The topological polar surface area (TPSA) is 73.0 Å². The molecule has 1 aromatic rings. The molecule has 0 radical (unpaired) electrons. The molecule has 0 spiro atoms. The number of imidazole rings is 1. The minimum Gasteiger partial charge on any atom is -0.362 e. The van der Waals surface area contributed by atoms with Crippen LogP contribution in [0, 0.1) is 16.0 Å². The summed E-state index contributed by atoms with van der Waals surface area (Å²) in [5, 5.41) is 13.9. The van der Waals surface area contributed by atoms with E-state index in [1.807, 2.05) is 6.92 Å². The predicted octanol–water partition coefficient (Wildman–Crippen LogP) is 2.56. The number of rotatable bonds is 6. The van der Waals surface area contributed by atoms with Gasteiger partial charge in [0.25, 0.3) is 0 Å². The van der Waals surface area contributed by atoms with Crippen molar-refractivity contribution in [2.75, 3.05) is 5.32 Å². The van der Waals surface area contributed by atoms with Gasteiger partial charge in [0, 0.05) is 13.1 Å². The SMILES string of the molecule is CCC(C)CC(C)Nc1c([N+](=O)[O-])ncn1C. The van der Waals surface area contributed by atoms with Crippen LogP contribution in [-0.4, -0.2) is 20.5 Å². The fourth-order valence-electron chi connectivity index (χ4n) is 1.78. The number of nitrogens with one attached hydrogen (secondary N) is 1. The summed E-state index contributed by atoms with van der Waals surface area (Å²) in [7, 11) is 1.75. The maximum atomic E-state index is 10.8. The fourth-order valence-corrected chi connectivity index (χ4v) is 1.78. The van der Waals surface area contributed by atoms with Crippen molar-refractivity contribution >= 4 is 11.6 Å². The van der Waals surface area contributed by atoms with Crippen molar-refractivity contribution in [1.29, 1.82) is 0 Å². The zero-order valence-corrected chi connectivity index (χ0v) is 10.8. The predicted molar refractivity (Wildman–Crippen MR) is 67.0 cm³/mol. The fraction of sp³-hybridized carbons (Fsp3) is 0.727. The number of nitrogens with zero attached hydrogens (tertiary/aromatic N) is 3. The van der Waals surface area contributed by atoms with Crippen molar-refractivity contribution in [1.82, 2.24) is 9.55 Å². The van der Waals surface area contributed by atoms with Crippen LogP contribution < -0.4 is 5.32 Å². The second kappa shape index (κ2) is 5.65. The standard InChI is InChI=1S/C11H20N4O2/c1-5-8(2)6-9(3)13-11-10(15(16)17)12-7-14(11)4/h7-9,13H,5-6H2,1-4H3. The summed E-state index contributed by atoms with van der Waals surface area (Å²) in [4.78, 5) is 14.1. The second-order valence-electron chi connectivity index (χ2n) is 4.58. The van der Waals surface area contributed by atoms with E-state index in [9.17, 15) is 10.1 Å². The minimum atomic E-state index is -0.460. The highest BCUT2D eigenvalue weighted by molar-refractivity contribution is 5.52. The Balaban J connectivity index is 2.73. The highest BCUT2D eigenvalue weighted by Gasteiger charge is 2.21. The van der Waals surface area contributed by atoms with Gasteiger partial charge in [-0.2, -0.15) is 0 Å². The largest absolute Gasteiger partial charge is 0.406 e. The van der Waals surface area contributed by atoms with Crippen LogP contribution in [0.5, 0.6) is 0 Å². The lowest BCUT2D eigenvalue weighted by molar-refractivity contribution is -0.388. The van der Waals surface area contributed by atoms with E-state index >= 15 is 0 Å². The summed E-state index contributed by atoms with van der Waals surface area (Å²) in [6, 6.07) is 0.194. The van der Waals surface area contributed by atoms with Crippen molar-refractivity contribution in [3.05, 3.63) is 16.4 Å². The molecule has 6 nitrogen and oxygen atoms in total. The number of anilines is 1. The normalized spacial score (nSPS) is 14.4. The molecule has 0 aliphatic heterocycles. The van der Waals surface area contributed by atoms with Crippen molar-refractivity contribution in [2.45, 2.75) is 39.7 Å². The third-order valence-corrected chi connectivity index (χ3v) is 2.93. The molecule has 0 bridgehead atoms. The third-order valence-electron chi connectivity index (χ3n) is 2.93. The van der Waals surface area contributed by atoms with Crippen LogP contribution in [0.25, 0.3) is 0 Å². The molecule has 17 heavy (non-hydrogen) atoms. The van der Waals surface area contributed by atoms with Gasteiger partial charge in [0.2, 0.25) is 12.1 Å². The Hall–Kier alpha value is -1.59. The lowest BCUT2D eigenvalue weighted by Crippen LogP contribution is -2.20. The molecule has 0 aromatic carbocycles. The van der Waals surface area contributed by atoms with E-state index in [4.69, 9.17) is 0 Å². The quantitative estimate of drug-likeness (QED) is 0.612. The highest BCUT2D eigenvalue weighted by Crippen LogP contribution is 2.23. The summed E-state index contributed by atoms with van der Waals surface area (Å²) >= 11 is 0. The van der Waals surface area contributed by atoms with E-state index in [1.54, 1.807) is 11.6 Å². The molecule has 2 unspecified atom stereocenters. The van der Waals surface area contributed by atoms with E-state index in [0.717, 1.165) is 12.8 Å². The molecule has 0 saturated carbocycles. The first-order valence-corrected chi connectivity index (χ1v) is 5.87. The first-order chi connectivity index (χ1) is 7.95. The van der Waals surface area contributed by atoms with Gasteiger partial charge >= 0.3 is 5.82 Å². The van der Waals surface area contributed by atoms with E-state index in [2.05, 4.69) is 24.1 Å². The summed E-state index contributed by atoms with van der Waals surface area (Å²) in [6.45, 7) is 6.35. The summed E-state index contributed by atoms with van der Waals surface area (Å²) < 4.78 is 1.64. The molecule has 0 aliphatic rings. The number of hydrogen-bond acceptors (Lipinski definition) is 4. The molecule has 1 rings (SSSR count). The van der Waals surface area contributed by atoms with Gasteiger partial charge in [-0.15, -0.1) is 0 Å². The molecule has 0 aliphatic carbocycles. The Labute approximate surface area is 101 Å². The molecular formula is C11H20N4O2.